The Kier molecular flexibility index (Phi) is 4.13. The van der Waals surface area contributed by atoms with Gasteiger partial charge in [-0.25, -0.2) is 0 Å². The summed E-state index contributed by atoms with van der Waals surface area (Å²) in [5.41, 5.74) is 1.25. The SMILES string of the molecule is Cc1ccc(C(=O)N2CC3(C[C@H](Oc4cccnc4)CCO3)C2)cn1. The van der Waals surface area contributed by atoms with Crippen molar-refractivity contribution in [2.75, 3.05) is 19.7 Å². The monoisotopic (exact) mass is 339 g/mol. The topological polar surface area (TPSA) is 64.6 Å². The molecular formula is C19H21N3O3. The molecule has 1 atom stereocenters. The first-order valence-electron chi connectivity index (χ1n) is 8.56. The maximum Gasteiger partial charge on any atom is 0.255 e. The molecule has 0 unspecified atom stereocenters. The van der Waals surface area contributed by atoms with Gasteiger partial charge in [-0.3, -0.25) is 14.8 Å². The Labute approximate surface area is 146 Å². The molecule has 0 radical (unpaired) electrons. The average Bonchev–Trinajstić information content (AvgIpc) is 2.61. The smallest absolute Gasteiger partial charge is 0.255 e. The maximum absolute atomic E-state index is 12.5. The summed E-state index contributed by atoms with van der Waals surface area (Å²) in [6, 6.07) is 7.46. The number of carbonyl (C=O) groups is 1. The molecule has 0 N–H and O–H groups in total. The van der Waals surface area contributed by atoms with Crippen LogP contribution in [-0.2, 0) is 4.74 Å². The van der Waals surface area contributed by atoms with Crippen LogP contribution < -0.4 is 4.74 Å². The van der Waals surface area contributed by atoms with Crippen molar-refractivity contribution in [3.05, 3.63) is 54.1 Å². The number of aromatic nitrogens is 2. The van der Waals surface area contributed by atoms with Crippen molar-refractivity contribution in [3.63, 3.8) is 0 Å². The molecule has 1 amide bonds. The summed E-state index contributed by atoms with van der Waals surface area (Å²) in [6.45, 7) is 3.77. The predicted octanol–water partition coefficient (Wildman–Crippen LogP) is 2.24. The normalized spacial score (nSPS) is 21.6. The van der Waals surface area contributed by atoms with Crippen LogP contribution in [0.25, 0.3) is 0 Å². The van der Waals surface area contributed by atoms with E-state index in [1.165, 1.54) is 0 Å². The molecule has 0 bridgehead atoms. The predicted molar refractivity (Wildman–Crippen MR) is 91.4 cm³/mol. The van der Waals surface area contributed by atoms with Crippen LogP contribution in [0.1, 0.15) is 28.9 Å². The first-order chi connectivity index (χ1) is 12.1. The molecule has 2 aliphatic rings. The van der Waals surface area contributed by atoms with Gasteiger partial charge in [-0.05, 0) is 31.2 Å². The van der Waals surface area contributed by atoms with Crippen molar-refractivity contribution in [1.29, 1.82) is 0 Å². The van der Waals surface area contributed by atoms with E-state index in [0.29, 0.717) is 25.3 Å². The lowest BCUT2D eigenvalue weighted by atomic mass is 9.84. The number of likely N-dealkylation sites (tertiary alicyclic amines) is 1. The third-order valence-electron chi connectivity index (χ3n) is 4.79. The summed E-state index contributed by atoms with van der Waals surface area (Å²) in [5, 5.41) is 0. The van der Waals surface area contributed by atoms with E-state index >= 15 is 0 Å². The molecule has 4 rings (SSSR count). The molecule has 2 aliphatic heterocycles. The van der Waals surface area contributed by atoms with Crippen LogP contribution in [0.3, 0.4) is 0 Å². The van der Waals surface area contributed by atoms with Crippen molar-refractivity contribution >= 4 is 5.91 Å². The van der Waals surface area contributed by atoms with Gasteiger partial charge in [0.2, 0.25) is 0 Å². The molecule has 4 heterocycles. The summed E-state index contributed by atoms with van der Waals surface area (Å²) in [6.07, 6.45) is 6.83. The van der Waals surface area contributed by atoms with Gasteiger partial charge in [-0.2, -0.15) is 0 Å². The highest BCUT2D eigenvalue weighted by Crippen LogP contribution is 2.36. The second-order valence-corrected chi connectivity index (χ2v) is 6.80. The van der Waals surface area contributed by atoms with Gasteiger partial charge in [-0.1, -0.05) is 0 Å². The minimum absolute atomic E-state index is 0.0111. The van der Waals surface area contributed by atoms with Crippen LogP contribution in [-0.4, -0.2) is 52.2 Å². The Hall–Kier alpha value is -2.47. The zero-order valence-corrected chi connectivity index (χ0v) is 14.2. The van der Waals surface area contributed by atoms with Gasteiger partial charge in [0.05, 0.1) is 31.5 Å². The fourth-order valence-electron chi connectivity index (χ4n) is 3.48. The van der Waals surface area contributed by atoms with Gasteiger partial charge < -0.3 is 14.4 Å². The minimum Gasteiger partial charge on any atom is -0.489 e. The number of ether oxygens (including phenoxy) is 2. The van der Waals surface area contributed by atoms with Crippen molar-refractivity contribution in [3.8, 4) is 5.75 Å². The summed E-state index contributed by atoms with van der Waals surface area (Å²) in [5.74, 6) is 0.791. The van der Waals surface area contributed by atoms with E-state index < -0.39 is 0 Å². The summed E-state index contributed by atoms with van der Waals surface area (Å²) < 4.78 is 12.0. The highest BCUT2D eigenvalue weighted by molar-refractivity contribution is 5.94. The molecule has 130 valence electrons. The van der Waals surface area contributed by atoms with Gasteiger partial charge in [0.15, 0.2) is 0 Å². The second kappa shape index (κ2) is 6.44. The van der Waals surface area contributed by atoms with Crippen molar-refractivity contribution in [1.82, 2.24) is 14.9 Å². The van der Waals surface area contributed by atoms with Crippen molar-refractivity contribution < 1.29 is 14.3 Å². The van der Waals surface area contributed by atoms with Crippen LogP contribution in [0.4, 0.5) is 0 Å². The number of hydrogen-bond donors (Lipinski definition) is 0. The van der Waals surface area contributed by atoms with Crippen LogP contribution in [0.15, 0.2) is 42.9 Å². The largest absolute Gasteiger partial charge is 0.489 e. The van der Waals surface area contributed by atoms with E-state index in [4.69, 9.17) is 9.47 Å². The average molecular weight is 339 g/mol. The zero-order valence-electron chi connectivity index (χ0n) is 14.2. The molecular weight excluding hydrogens is 318 g/mol. The number of hydrogen-bond acceptors (Lipinski definition) is 5. The highest BCUT2D eigenvalue weighted by Gasteiger charge is 2.50. The van der Waals surface area contributed by atoms with Gasteiger partial charge in [-0.15, -0.1) is 0 Å². The van der Waals surface area contributed by atoms with Crippen molar-refractivity contribution in [2.45, 2.75) is 31.5 Å². The maximum atomic E-state index is 12.5. The lowest BCUT2D eigenvalue weighted by molar-refractivity contribution is -0.173. The molecule has 0 aliphatic carbocycles. The van der Waals surface area contributed by atoms with Gasteiger partial charge in [0.25, 0.3) is 5.91 Å². The Morgan fingerprint density at radius 2 is 2.20 bits per heavy atom. The highest BCUT2D eigenvalue weighted by atomic mass is 16.5. The Morgan fingerprint density at radius 3 is 2.92 bits per heavy atom. The van der Waals surface area contributed by atoms with E-state index in [9.17, 15) is 4.79 Å². The van der Waals surface area contributed by atoms with Crippen LogP contribution >= 0.6 is 0 Å². The quantitative estimate of drug-likeness (QED) is 0.858. The van der Waals surface area contributed by atoms with E-state index in [0.717, 1.165) is 24.3 Å². The standard InChI is InChI=1S/C19H21N3O3/c1-14-4-5-15(10-21-14)18(23)22-12-19(13-22)9-16(6-8-24-19)25-17-3-2-7-20-11-17/h2-5,7,10-11,16H,6,8-9,12-13H2,1H3/t16-/m1/s1. The summed E-state index contributed by atoms with van der Waals surface area (Å²) in [4.78, 5) is 22.6. The van der Waals surface area contributed by atoms with Crippen LogP contribution in [0.2, 0.25) is 0 Å². The first-order valence-corrected chi connectivity index (χ1v) is 8.56. The van der Waals surface area contributed by atoms with Gasteiger partial charge in [0, 0.05) is 30.9 Å². The fourth-order valence-corrected chi connectivity index (χ4v) is 3.48. The van der Waals surface area contributed by atoms with Crippen LogP contribution in [0, 0.1) is 6.92 Å². The fraction of sp³-hybridized carbons (Fsp3) is 0.421. The van der Waals surface area contributed by atoms with E-state index in [1.54, 1.807) is 18.6 Å². The Morgan fingerprint density at radius 1 is 1.32 bits per heavy atom. The second-order valence-electron chi connectivity index (χ2n) is 6.80. The molecule has 2 fully saturated rings. The summed E-state index contributed by atoms with van der Waals surface area (Å²) >= 11 is 0. The number of pyridine rings is 2. The number of nitrogens with zero attached hydrogens (tertiary/aromatic N) is 3. The molecule has 6 nitrogen and oxygen atoms in total. The Balaban J connectivity index is 1.36. The Bertz CT molecular complexity index is 742. The molecule has 0 saturated carbocycles. The van der Waals surface area contributed by atoms with Crippen molar-refractivity contribution in [2.24, 2.45) is 0 Å². The van der Waals surface area contributed by atoms with Gasteiger partial charge >= 0.3 is 0 Å². The molecule has 2 saturated heterocycles. The number of rotatable bonds is 3. The number of aryl methyl sites for hydroxylation is 1. The zero-order chi connectivity index (χ0) is 17.3. The van der Waals surface area contributed by atoms with E-state index in [1.807, 2.05) is 36.1 Å². The van der Waals surface area contributed by atoms with E-state index in [-0.39, 0.29) is 17.6 Å². The van der Waals surface area contributed by atoms with Crippen LogP contribution in [0.5, 0.6) is 5.75 Å². The molecule has 0 aromatic carbocycles. The molecule has 1 spiro atoms. The number of amides is 1. The lowest BCUT2D eigenvalue weighted by Crippen LogP contribution is -2.67. The third kappa shape index (κ3) is 3.35. The van der Waals surface area contributed by atoms with E-state index in [2.05, 4.69) is 9.97 Å². The summed E-state index contributed by atoms with van der Waals surface area (Å²) in [7, 11) is 0. The molecule has 2 aromatic heterocycles. The molecule has 6 heteroatoms. The molecule has 25 heavy (non-hydrogen) atoms. The molecule has 2 aromatic rings. The van der Waals surface area contributed by atoms with Gasteiger partial charge in [0.1, 0.15) is 17.5 Å². The third-order valence-corrected chi connectivity index (χ3v) is 4.79. The first kappa shape index (κ1) is 16.0. The number of carbonyl (C=O) groups excluding carboxylic acids is 1. The minimum atomic E-state index is -0.279. The lowest BCUT2D eigenvalue weighted by Gasteiger charge is -2.52.